The number of hydrogen-bond acceptors (Lipinski definition) is 1. The van der Waals surface area contributed by atoms with Gasteiger partial charge in [0.05, 0.1) is 0 Å². The van der Waals surface area contributed by atoms with Crippen molar-refractivity contribution in [2.24, 2.45) is 0 Å². The van der Waals surface area contributed by atoms with Crippen molar-refractivity contribution in [2.75, 3.05) is 0 Å². The van der Waals surface area contributed by atoms with Gasteiger partial charge in [0.1, 0.15) is 0 Å². The molecule has 0 rings (SSSR count). The lowest BCUT2D eigenvalue weighted by molar-refractivity contribution is -0.137. The third kappa shape index (κ3) is 21.9. The van der Waals surface area contributed by atoms with E-state index in [1.807, 2.05) is 0 Å². The van der Waals surface area contributed by atoms with Crippen LogP contribution in [0.2, 0.25) is 0 Å². The Labute approximate surface area is 159 Å². The van der Waals surface area contributed by atoms with Gasteiger partial charge in [0.2, 0.25) is 0 Å². The predicted molar refractivity (Wildman–Crippen MR) is 109 cm³/mol. The second-order valence-electron chi connectivity index (χ2n) is 7.37. The van der Waals surface area contributed by atoms with Gasteiger partial charge in [0, 0.05) is 11.2 Å². The van der Waals surface area contributed by atoms with E-state index in [0.717, 1.165) is 12.8 Å². The Morgan fingerprint density at radius 3 is 1.25 bits per heavy atom. The van der Waals surface area contributed by atoms with Gasteiger partial charge in [0.25, 0.3) is 0 Å². The summed E-state index contributed by atoms with van der Waals surface area (Å²) in [6.07, 6.45) is 22.9. The second-order valence-corrected chi connectivity index (χ2v) is 8.93. The quantitative estimate of drug-likeness (QED) is 0.175. The molecule has 0 radical (unpaired) electrons. The van der Waals surface area contributed by atoms with Crippen molar-refractivity contribution in [1.82, 2.24) is 0 Å². The molecule has 24 heavy (non-hydrogen) atoms. The second kappa shape index (κ2) is 19.3. The van der Waals surface area contributed by atoms with Gasteiger partial charge in [-0.2, -0.15) is 0 Å². The van der Waals surface area contributed by atoms with E-state index < -0.39 is 5.97 Å². The van der Waals surface area contributed by atoms with E-state index in [-0.39, 0.29) is 0 Å². The Kier molecular flexibility index (Phi) is 19.2. The van der Waals surface area contributed by atoms with Crippen LogP contribution in [-0.2, 0) is 4.79 Å². The Bertz CT molecular complexity index is 267. The summed E-state index contributed by atoms with van der Waals surface area (Å²) in [6, 6.07) is 0. The number of halogens is 1. The molecule has 0 heterocycles. The topological polar surface area (TPSA) is 37.3 Å². The van der Waals surface area contributed by atoms with Crippen LogP contribution < -0.4 is 0 Å². The van der Waals surface area contributed by atoms with Gasteiger partial charge in [-0.15, -0.1) is 0 Å². The molecule has 144 valence electrons. The minimum atomic E-state index is -0.653. The van der Waals surface area contributed by atoms with Gasteiger partial charge >= 0.3 is 5.97 Å². The van der Waals surface area contributed by atoms with Crippen LogP contribution in [0.5, 0.6) is 0 Å². The zero-order valence-electron chi connectivity index (χ0n) is 16.0. The molecule has 0 spiro atoms. The van der Waals surface area contributed by atoms with E-state index in [4.69, 9.17) is 5.11 Å². The summed E-state index contributed by atoms with van der Waals surface area (Å²) in [5.74, 6) is -0.653. The molecule has 3 heteroatoms. The number of hydrogen-bond donors (Lipinski definition) is 1. The van der Waals surface area contributed by atoms with E-state index in [9.17, 15) is 4.79 Å². The molecule has 1 N–H and O–H groups in total. The standard InChI is InChI=1S/C21H41BrO2/c1-20(22)18-16-14-12-10-8-6-4-2-3-5-7-9-11-13-15-17-19-21(23)24/h20H,2-19H2,1H3,(H,23,24). The third-order valence-corrected chi connectivity index (χ3v) is 5.20. The zero-order valence-corrected chi connectivity index (χ0v) is 17.6. The van der Waals surface area contributed by atoms with Gasteiger partial charge in [-0.3, -0.25) is 4.79 Å². The smallest absolute Gasteiger partial charge is 0.303 e. The van der Waals surface area contributed by atoms with Gasteiger partial charge in [-0.1, -0.05) is 119 Å². The molecule has 0 bridgehead atoms. The molecule has 0 saturated carbocycles. The van der Waals surface area contributed by atoms with Crippen molar-refractivity contribution >= 4 is 21.9 Å². The van der Waals surface area contributed by atoms with Crippen molar-refractivity contribution in [2.45, 2.75) is 127 Å². The van der Waals surface area contributed by atoms with Crippen LogP contribution in [0.3, 0.4) is 0 Å². The summed E-state index contributed by atoms with van der Waals surface area (Å²) in [7, 11) is 0. The molecule has 0 aliphatic rings. The molecule has 0 aliphatic heterocycles. The molecule has 0 aromatic rings. The molecule has 0 aliphatic carbocycles. The minimum absolute atomic E-state index is 0.343. The molecular formula is C21H41BrO2. The van der Waals surface area contributed by atoms with Crippen LogP contribution in [0.25, 0.3) is 0 Å². The van der Waals surface area contributed by atoms with Crippen molar-refractivity contribution in [3.05, 3.63) is 0 Å². The van der Waals surface area contributed by atoms with Crippen LogP contribution in [-0.4, -0.2) is 15.9 Å². The summed E-state index contributed by atoms with van der Waals surface area (Å²) in [5, 5.41) is 8.56. The number of unbranched alkanes of at least 4 members (excludes halogenated alkanes) is 15. The average molecular weight is 405 g/mol. The maximum absolute atomic E-state index is 10.4. The maximum Gasteiger partial charge on any atom is 0.303 e. The fourth-order valence-electron chi connectivity index (χ4n) is 3.18. The Morgan fingerprint density at radius 2 is 0.958 bits per heavy atom. The molecule has 0 aromatic heterocycles. The van der Waals surface area contributed by atoms with E-state index in [1.54, 1.807) is 0 Å². The molecule has 0 amide bonds. The largest absolute Gasteiger partial charge is 0.481 e. The molecule has 1 atom stereocenters. The third-order valence-electron chi connectivity index (χ3n) is 4.74. The molecule has 0 saturated heterocycles. The summed E-state index contributed by atoms with van der Waals surface area (Å²) in [4.78, 5) is 11.1. The highest BCUT2D eigenvalue weighted by Gasteiger charge is 1.98. The highest BCUT2D eigenvalue weighted by Crippen LogP contribution is 2.15. The highest BCUT2D eigenvalue weighted by atomic mass is 79.9. The molecule has 2 nitrogen and oxygen atoms in total. The van der Waals surface area contributed by atoms with Gasteiger partial charge < -0.3 is 5.11 Å². The van der Waals surface area contributed by atoms with E-state index in [0.29, 0.717) is 11.2 Å². The predicted octanol–water partition coefficient (Wildman–Crippen LogP) is 7.88. The first kappa shape index (κ1) is 23.9. The Morgan fingerprint density at radius 1 is 0.667 bits per heavy atom. The van der Waals surface area contributed by atoms with E-state index >= 15 is 0 Å². The first-order chi connectivity index (χ1) is 11.6. The zero-order chi connectivity index (χ0) is 17.9. The first-order valence-corrected chi connectivity index (χ1v) is 11.4. The SMILES string of the molecule is CC(Br)CCCCCCCCCCCCCCCCCCC(=O)O. The van der Waals surface area contributed by atoms with E-state index in [2.05, 4.69) is 22.9 Å². The summed E-state index contributed by atoms with van der Waals surface area (Å²) in [5.41, 5.74) is 0. The van der Waals surface area contributed by atoms with Crippen LogP contribution >= 0.6 is 15.9 Å². The van der Waals surface area contributed by atoms with E-state index in [1.165, 1.54) is 96.3 Å². The fourth-order valence-corrected chi connectivity index (χ4v) is 3.50. The van der Waals surface area contributed by atoms with Gasteiger partial charge in [-0.05, 0) is 12.8 Å². The van der Waals surface area contributed by atoms with Gasteiger partial charge in [-0.25, -0.2) is 0 Å². The fraction of sp³-hybridized carbons (Fsp3) is 0.952. The van der Waals surface area contributed by atoms with Crippen molar-refractivity contribution in [3.8, 4) is 0 Å². The number of carboxylic acids is 1. The van der Waals surface area contributed by atoms with Crippen LogP contribution in [0.4, 0.5) is 0 Å². The summed E-state index contributed by atoms with van der Waals surface area (Å²) in [6.45, 7) is 2.24. The summed E-state index contributed by atoms with van der Waals surface area (Å²) >= 11 is 3.61. The number of aliphatic carboxylic acids is 1. The van der Waals surface area contributed by atoms with Crippen molar-refractivity contribution in [1.29, 1.82) is 0 Å². The van der Waals surface area contributed by atoms with Crippen LogP contribution in [0, 0.1) is 0 Å². The number of alkyl halides is 1. The molecule has 0 aromatic carbocycles. The highest BCUT2D eigenvalue weighted by molar-refractivity contribution is 9.09. The maximum atomic E-state index is 10.4. The Hall–Kier alpha value is -0.0500. The normalized spacial score (nSPS) is 12.4. The van der Waals surface area contributed by atoms with Crippen molar-refractivity contribution in [3.63, 3.8) is 0 Å². The first-order valence-electron chi connectivity index (χ1n) is 10.5. The molecule has 1 unspecified atom stereocenters. The summed E-state index contributed by atoms with van der Waals surface area (Å²) < 4.78 is 0. The van der Waals surface area contributed by atoms with Crippen molar-refractivity contribution < 1.29 is 9.90 Å². The minimum Gasteiger partial charge on any atom is -0.481 e. The molecular weight excluding hydrogens is 364 g/mol. The van der Waals surface area contributed by atoms with Crippen LogP contribution in [0.15, 0.2) is 0 Å². The number of carbonyl (C=O) groups is 1. The van der Waals surface area contributed by atoms with Crippen LogP contribution in [0.1, 0.15) is 122 Å². The number of carboxylic acid groups (broad SMARTS) is 1. The number of rotatable bonds is 19. The lowest BCUT2D eigenvalue weighted by Crippen LogP contribution is -1.93. The Balaban J connectivity index is 2.99. The lowest BCUT2D eigenvalue weighted by atomic mass is 10.0. The van der Waals surface area contributed by atoms with Gasteiger partial charge in [0.15, 0.2) is 0 Å². The molecule has 0 fully saturated rings. The monoisotopic (exact) mass is 404 g/mol. The lowest BCUT2D eigenvalue weighted by Gasteiger charge is -2.04. The average Bonchev–Trinajstić information content (AvgIpc) is 2.53.